The Labute approximate surface area is 431 Å². The molecule has 0 aromatic carbocycles. The van der Waals surface area contributed by atoms with E-state index < -0.39 is 77.3 Å². The van der Waals surface area contributed by atoms with Crippen LogP contribution in [0.3, 0.4) is 0 Å². The monoisotopic (exact) mass is 1110 g/mol. The number of aliphatic hydroxyl groups excluding tert-OH is 5. The third-order valence-electron chi connectivity index (χ3n) is 14.6. The quantitative estimate of drug-likeness (QED) is 0.0837. The molecule has 0 amide bonds. The molecule has 3 saturated heterocycles. The van der Waals surface area contributed by atoms with Gasteiger partial charge in [0.2, 0.25) is 0 Å². The summed E-state index contributed by atoms with van der Waals surface area (Å²) in [5, 5.41) is 59.8. The van der Waals surface area contributed by atoms with E-state index in [0.29, 0.717) is 32.1 Å². The molecular formula is C52H79IN2O12S2. The molecule has 0 spiro atoms. The summed E-state index contributed by atoms with van der Waals surface area (Å²) in [7, 11) is 0. The Bertz CT molecular complexity index is 2100. The summed E-state index contributed by atoms with van der Waals surface area (Å²) in [5.41, 5.74) is 0.852. The zero-order valence-electron chi connectivity index (χ0n) is 42.6. The van der Waals surface area contributed by atoms with Gasteiger partial charge in [0.05, 0.1) is 87.8 Å². The fourth-order valence-electron chi connectivity index (χ4n) is 9.26. The number of cyclic esters (lactones) is 2. The number of fused-ring (bicyclic) bond motifs is 1. The van der Waals surface area contributed by atoms with E-state index in [1.165, 1.54) is 11.3 Å². The van der Waals surface area contributed by atoms with Crippen molar-refractivity contribution in [1.29, 1.82) is 0 Å². The predicted octanol–water partition coefficient (Wildman–Crippen LogP) is 8.57. The molecule has 5 heterocycles. The number of ether oxygens (including phenoxy) is 3. The number of carbonyl (C=O) groups excluding carboxylic acids is 4. The molecule has 69 heavy (non-hydrogen) atoms. The van der Waals surface area contributed by atoms with E-state index >= 15 is 0 Å². The first-order chi connectivity index (χ1) is 32.1. The maximum atomic E-state index is 13.2. The summed E-state index contributed by atoms with van der Waals surface area (Å²) in [5.74, 6) is -3.25. The van der Waals surface area contributed by atoms with Gasteiger partial charge in [0.1, 0.15) is 23.8 Å². The molecule has 5 N–H and O–H groups in total. The number of ketones is 2. The number of Topliss-reactive ketones (excluding diaryl/α,β-unsaturated/α-hetero) is 2. The van der Waals surface area contributed by atoms with Crippen LogP contribution in [0.1, 0.15) is 155 Å². The average molecular weight is 1120 g/mol. The van der Waals surface area contributed by atoms with Gasteiger partial charge in [-0.25, -0.2) is 9.97 Å². The number of hydrogen-bond donors (Lipinski definition) is 5. The van der Waals surface area contributed by atoms with Crippen molar-refractivity contribution < 1.29 is 58.9 Å². The molecule has 0 saturated carbocycles. The normalized spacial score (nSPS) is 35.2. The van der Waals surface area contributed by atoms with Crippen LogP contribution in [-0.2, 0) is 33.4 Å². The maximum Gasteiger partial charge on any atom is 0.309 e. The minimum atomic E-state index is -1.26. The second-order valence-electron chi connectivity index (χ2n) is 21.1. The van der Waals surface area contributed by atoms with Gasteiger partial charge in [0, 0.05) is 39.4 Å². The largest absolute Gasteiger partial charge is 0.458 e. The van der Waals surface area contributed by atoms with E-state index in [0.717, 1.165) is 51.8 Å². The van der Waals surface area contributed by atoms with Crippen molar-refractivity contribution in [2.24, 2.45) is 34.5 Å². The summed E-state index contributed by atoms with van der Waals surface area (Å²) in [4.78, 5) is 61.0. The van der Waals surface area contributed by atoms with E-state index in [-0.39, 0.29) is 52.4 Å². The van der Waals surface area contributed by atoms with Crippen molar-refractivity contribution in [2.75, 3.05) is 0 Å². The number of aryl methyl sites for hydroxylation is 2. The zero-order valence-corrected chi connectivity index (χ0v) is 46.4. The van der Waals surface area contributed by atoms with Gasteiger partial charge in [-0.2, -0.15) is 0 Å². The highest BCUT2D eigenvalue weighted by Gasteiger charge is 2.45. The molecule has 3 fully saturated rings. The Morgan fingerprint density at radius 2 is 1.06 bits per heavy atom. The molecule has 2 aromatic rings. The van der Waals surface area contributed by atoms with Crippen LogP contribution in [0.5, 0.6) is 0 Å². The number of nitrogens with zero attached hydrogens (tertiary/aromatic N) is 2. The number of epoxide rings is 1. The molecule has 5 rings (SSSR count). The lowest BCUT2D eigenvalue weighted by molar-refractivity contribution is -0.156. The van der Waals surface area contributed by atoms with E-state index in [1.807, 2.05) is 64.5 Å². The van der Waals surface area contributed by atoms with Crippen molar-refractivity contribution in [3.63, 3.8) is 0 Å². The summed E-state index contributed by atoms with van der Waals surface area (Å²) in [6.07, 6.45) is 2.82. The first-order valence-corrected chi connectivity index (χ1v) is 27.5. The molecule has 0 radical (unpaired) electrons. The molecule has 17 heteroatoms. The van der Waals surface area contributed by atoms with Crippen LogP contribution in [0.2, 0.25) is 0 Å². The highest BCUT2D eigenvalue weighted by Crippen LogP contribution is 2.38. The maximum absolute atomic E-state index is 13.2. The third kappa shape index (κ3) is 16.8. The number of aliphatic hydroxyl groups is 5. The predicted molar refractivity (Wildman–Crippen MR) is 278 cm³/mol. The first kappa shape index (κ1) is 59.1. The fourth-order valence-corrected chi connectivity index (χ4v) is 11.2. The number of hydrogen-bond acceptors (Lipinski definition) is 16. The molecule has 3 aliphatic rings. The smallest absolute Gasteiger partial charge is 0.309 e. The lowest BCUT2D eigenvalue weighted by atomic mass is 9.73. The Morgan fingerprint density at radius 3 is 1.46 bits per heavy atom. The van der Waals surface area contributed by atoms with E-state index in [9.17, 15) is 44.7 Å². The van der Waals surface area contributed by atoms with Crippen LogP contribution in [0.4, 0.5) is 0 Å². The standard InChI is InChI=1S/C26H40INO6S.C26H39NO6S/c1-14-8-7-9-20(29)19(27)11-21(15(2)10-18-13-35-17(4)28-18)34-23(31)12-22(30)26(5,6)25(33)16(3)24(14)32;1-14-8-7-9-19-21(32-19)11-20(15(2)10-18-13-34-17(4)27-18)33-23(29)12-22(28)26(5,6)25(31)16(3)24(14)30/h10,13-14,16,19-22,24,29-30,32H,7-9,11-12H2,1-6H3;10,13-14,16,19-22,24,28,30H,7-9,11-12H2,1-6H3/b2*15-10+/t14?,16-,19-,20-,21+,22+,24+;14?,16-,19?,20+,21-,22+,24+/m11/s1. The Hall–Kier alpha value is -2.49. The van der Waals surface area contributed by atoms with Crippen LogP contribution in [0.15, 0.2) is 21.9 Å². The molecule has 2 aromatic heterocycles. The SMILES string of the molecule is C/C(=C\c1csc(C)n1)[C@@H]1C[C@@H](I)[C@H](O)CCCC(C)[C@H](O)[C@@H](C)C(=O)C(C)(C)[C@@H](O)CC(=O)O1.C/C(=C\c1csc(C)n1)[C@@H]1C[C@H]2OC2CCCC(C)[C@H](O)[C@@H](C)C(=O)C(C)(C)[C@@H](O)CC(=O)O1. The number of alkyl halides is 1. The first-order valence-electron chi connectivity index (χ1n) is 24.5. The van der Waals surface area contributed by atoms with Gasteiger partial charge in [-0.3, -0.25) is 19.2 Å². The number of rotatable bonds is 4. The van der Waals surface area contributed by atoms with Crippen LogP contribution >= 0.6 is 45.3 Å². The molecule has 0 bridgehead atoms. The third-order valence-corrected chi connectivity index (χ3v) is 17.5. The van der Waals surface area contributed by atoms with Gasteiger partial charge in [-0.15, -0.1) is 22.7 Å². The molecule has 14 atom stereocenters. The zero-order chi connectivity index (χ0) is 51.7. The number of carbonyl (C=O) groups is 4. The summed E-state index contributed by atoms with van der Waals surface area (Å²) in [6.45, 7) is 21.3. The van der Waals surface area contributed by atoms with Crippen molar-refractivity contribution >= 4 is 80.9 Å². The van der Waals surface area contributed by atoms with Gasteiger partial charge < -0.3 is 39.7 Å². The molecule has 14 nitrogen and oxygen atoms in total. The summed E-state index contributed by atoms with van der Waals surface area (Å²) >= 11 is 5.29. The van der Waals surface area contributed by atoms with E-state index in [4.69, 9.17) is 14.2 Å². The second-order valence-corrected chi connectivity index (χ2v) is 24.8. The van der Waals surface area contributed by atoms with Gasteiger partial charge >= 0.3 is 11.9 Å². The van der Waals surface area contributed by atoms with E-state index in [1.54, 1.807) is 52.9 Å². The topological polar surface area (TPSA) is 226 Å². The van der Waals surface area contributed by atoms with Crippen molar-refractivity contribution in [2.45, 2.75) is 206 Å². The number of aromatic nitrogens is 2. The Morgan fingerprint density at radius 1 is 0.652 bits per heavy atom. The fraction of sp³-hybridized carbons (Fsp3) is 0.731. The summed E-state index contributed by atoms with van der Waals surface area (Å²) in [6, 6.07) is 0. The van der Waals surface area contributed by atoms with Gasteiger partial charge in [-0.1, -0.05) is 90.8 Å². The van der Waals surface area contributed by atoms with Crippen molar-refractivity contribution in [3.05, 3.63) is 43.3 Å². The number of esters is 2. The molecular weight excluding hydrogens is 1040 g/mol. The average Bonchev–Trinajstić information content (AvgIpc) is 3.67. The van der Waals surface area contributed by atoms with Gasteiger partial charge in [0.15, 0.2) is 0 Å². The lowest BCUT2D eigenvalue weighted by Crippen LogP contribution is -2.45. The molecule has 3 aliphatic heterocycles. The van der Waals surface area contributed by atoms with Crippen LogP contribution in [0, 0.1) is 48.3 Å². The highest BCUT2D eigenvalue weighted by atomic mass is 127. The lowest BCUT2D eigenvalue weighted by Gasteiger charge is -2.35. The second kappa shape index (κ2) is 25.9. The Balaban J connectivity index is 0.000000301. The molecule has 388 valence electrons. The van der Waals surface area contributed by atoms with Crippen LogP contribution in [0.25, 0.3) is 12.2 Å². The van der Waals surface area contributed by atoms with Gasteiger partial charge in [0.25, 0.3) is 0 Å². The van der Waals surface area contributed by atoms with Gasteiger partial charge in [-0.05, 0) is 88.5 Å². The van der Waals surface area contributed by atoms with Crippen LogP contribution in [-0.4, -0.2) is 118 Å². The van der Waals surface area contributed by atoms with Crippen molar-refractivity contribution in [1.82, 2.24) is 9.97 Å². The highest BCUT2D eigenvalue weighted by molar-refractivity contribution is 14.1. The Kier molecular flexibility index (Phi) is 22.2. The minimum Gasteiger partial charge on any atom is -0.458 e. The van der Waals surface area contributed by atoms with E-state index in [2.05, 4.69) is 32.6 Å². The number of halogens is 1. The van der Waals surface area contributed by atoms with Crippen molar-refractivity contribution in [3.8, 4) is 0 Å². The number of thiazole rings is 2. The summed E-state index contributed by atoms with van der Waals surface area (Å²) < 4.78 is 17.3. The molecule has 3 unspecified atom stereocenters. The molecule has 0 aliphatic carbocycles. The van der Waals surface area contributed by atoms with Crippen LogP contribution < -0.4 is 0 Å². The minimum absolute atomic E-state index is 0.00770.